The summed E-state index contributed by atoms with van der Waals surface area (Å²) in [6.45, 7) is 4.28. The molecule has 0 radical (unpaired) electrons. The van der Waals surface area contributed by atoms with E-state index < -0.39 is 11.7 Å². The summed E-state index contributed by atoms with van der Waals surface area (Å²) in [6, 6.07) is 7.46. The van der Waals surface area contributed by atoms with Crippen LogP contribution in [-0.4, -0.2) is 32.2 Å². The number of primary amides is 1. The zero-order valence-corrected chi connectivity index (χ0v) is 13.4. The quantitative estimate of drug-likeness (QED) is 0.590. The third-order valence-corrected chi connectivity index (χ3v) is 3.58. The number of halogens is 1. The first-order valence-electron chi connectivity index (χ1n) is 6.68. The van der Waals surface area contributed by atoms with Gasteiger partial charge in [-0.25, -0.2) is 4.79 Å². The zero-order chi connectivity index (χ0) is 15.9. The van der Waals surface area contributed by atoms with Crippen molar-refractivity contribution in [3.63, 3.8) is 0 Å². The Morgan fingerprint density at radius 1 is 1.38 bits per heavy atom. The minimum atomic E-state index is -0.810. The van der Waals surface area contributed by atoms with Crippen LogP contribution in [0.4, 0.5) is 4.79 Å². The molecule has 1 atom stereocenters. The average molecular weight is 316 g/mol. The van der Waals surface area contributed by atoms with Crippen molar-refractivity contribution < 1.29 is 19.0 Å². The molecule has 0 bridgehead atoms. The van der Waals surface area contributed by atoms with Gasteiger partial charge in [0.2, 0.25) is 0 Å². The fraction of sp³-hybridized carbons (Fsp3) is 0.533. The van der Waals surface area contributed by atoms with Gasteiger partial charge in [0.15, 0.2) is 0 Å². The van der Waals surface area contributed by atoms with Crippen LogP contribution in [0.3, 0.4) is 0 Å². The first kappa shape index (κ1) is 17.8. The second kappa shape index (κ2) is 8.22. The number of hydrogen-bond donors (Lipinski definition) is 1. The molecule has 0 saturated carbocycles. The molecular weight excluding hydrogens is 294 g/mol. The van der Waals surface area contributed by atoms with Gasteiger partial charge in [-0.3, -0.25) is 0 Å². The predicted octanol–water partition coefficient (Wildman–Crippen LogP) is 3.31. The molecule has 1 aromatic carbocycles. The number of hydrogen-bond acceptors (Lipinski definition) is 4. The summed E-state index contributed by atoms with van der Waals surface area (Å²) < 4.78 is 15.4. The van der Waals surface area contributed by atoms with E-state index in [1.54, 1.807) is 13.2 Å². The van der Waals surface area contributed by atoms with Gasteiger partial charge in [0, 0.05) is 18.1 Å². The van der Waals surface area contributed by atoms with E-state index in [9.17, 15) is 4.79 Å². The highest BCUT2D eigenvalue weighted by Gasteiger charge is 2.35. The normalized spacial score (nSPS) is 13.0. The van der Waals surface area contributed by atoms with Crippen molar-refractivity contribution in [2.75, 3.05) is 20.5 Å². The van der Waals surface area contributed by atoms with Crippen LogP contribution in [0.1, 0.15) is 31.7 Å². The Morgan fingerprint density at radius 3 is 2.62 bits per heavy atom. The molecule has 0 saturated heterocycles. The van der Waals surface area contributed by atoms with E-state index in [2.05, 4.69) is 0 Å². The summed E-state index contributed by atoms with van der Waals surface area (Å²) in [4.78, 5) is 11.1. The second-order valence-electron chi connectivity index (χ2n) is 5.20. The summed E-state index contributed by atoms with van der Waals surface area (Å²) in [5, 5.41) is 0.621. The van der Waals surface area contributed by atoms with Gasteiger partial charge in [-0.2, -0.15) is 0 Å². The number of carbonyl (C=O) groups excluding carboxylic acids is 1. The maximum atomic E-state index is 11.1. The van der Waals surface area contributed by atoms with E-state index in [1.165, 1.54) is 0 Å². The van der Waals surface area contributed by atoms with Gasteiger partial charge in [-0.1, -0.05) is 29.8 Å². The highest BCUT2D eigenvalue weighted by molar-refractivity contribution is 6.31. The first-order valence-corrected chi connectivity index (χ1v) is 7.06. The van der Waals surface area contributed by atoms with Crippen molar-refractivity contribution in [3.05, 3.63) is 34.9 Å². The Bertz CT molecular complexity index is 465. The van der Waals surface area contributed by atoms with Crippen molar-refractivity contribution >= 4 is 17.7 Å². The van der Waals surface area contributed by atoms with E-state index in [1.807, 2.05) is 32.0 Å². The lowest BCUT2D eigenvalue weighted by molar-refractivity contribution is -0.0425. The van der Waals surface area contributed by atoms with Gasteiger partial charge in [-0.05, 0) is 31.9 Å². The van der Waals surface area contributed by atoms with Crippen LogP contribution in [0.5, 0.6) is 0 Å². The molecule has 118 valence electrons. The van der Waals surface area contributed by atoms with Crippen molar-refractivity contribution in [2.45, 2.75) is 31.8 Å². The number of carbonyl (C=O) groups is 1. The molecule has 6 heteroatoms. The molecule has 2 N–H and O–H groups in total. The number of methoxy groups -OCH3 is 1. The lowest BCUT2D eigenvalue weighted by Gasteiger charge is -2.34. The SMILES string of the molecule is COCOCC[C@@H](c1ccccc1Cl)C(C)(C)OC(N)=O. The lowest BCUT2D eigenvalue weighted by atomic mass is 9.82. The van der Waals surface area contributed by atoms with Gasteiger partial charge >= 0.3 is 6.09 Å². The molecule has 1 aromatic rings. The molecule has 0 spiro atoms. The Labute approximate surface area is 130 Å². The number of nitrogens with two attached hydrogens (primary N) is 1. The maximum absolute atomic E-state index is 11.1. The van der Waals surface area contributed by atoms with Crippen molar-refractivity contribution in [1.82, 2.24) is 0 Å². The van der Waals surface area contributed by atoms with E-state index in [0.717, 1.165) is 5.56 Å². The molecule has 5 nitrogen and oxygen atoms in total. The molecule has 21 heavy (non-hydrogen) atoms. The Morgan fingerprint density at radius 2 is 2.05 bits per heavy atom. The molecular formula is C15H22ClNO4. The van der Waals surface area contributed by atoms with Crippen molar-refractivity contribution in [2.24, 2.45) is 5.73 Å². The van der Waals surface area contributed by atoms with E-state index in [4.69, 9.17) is 31.5 Å². The molecule has 0 aliphatic carbocycles. The fourth-order valence-corrected chi connectivity index (χ4v) is 2.58. The lowest BCUT2D eigenvalue weighted by Crippen LogP contribution is -2.38. The van der Waals surface area contributed by atoms with E-state index >= 15 is 0 Å². The smallest absolute Gasteiger partial charge is 0.405 e. The maximum Gasteiger partial charge on any atom is 0.405 e. The Balaban J connectivity index is 2.94. The monoisotopic (exact) mass is 315 g/mol. The third-order valence-electron chi connectivity index (χ3n) is 3.24. The van der Waals surface area contributed by atoms with E-state index in [-0.39, 0.29) is 12.7 Å². The van der Waals surface area contributed by atoms with Crippen LogP contribution in [0.15, 0.2) is 24.3 Å². The number of rotatable bonds is 8. The number of ether oxygens (including phenoxy) is 3. The van der Waals surface area contributed by atoms with E-state index in [0.29, 0.717) is 18.1 Å². The zero-order valence-electron chi connectivity index (χ0n) is 12.6. The topological polar surface area (TPSA) is 70.8 Å². The van der Waals surface area contributed by atoms with Gasteiger partial charge in [0.25, 0.3) is 0 Å². The standard InChI is InChI=1S/C15H22ClNO4/c1-15(2,21-14(17)18)12(8-9-20-10-19-3)11-6-4-5-7-13(11)16/h4-7,12H,8-10H2,1-3H3,(H2,17,18)/t12-/m0/s1. The molecule has 0 fully saturated rings. The average Bonchev–Trinajstić information content (AvgIpc) is 2.38. The molecule has 0 unspecified atom stereocenters. The van der Waals surface area contributed by atoms with Gasteiger partial charge in [0.1, 0.15) is 12.4 Å². The number of amides is 1. The minimum Gasteiger partial charge on any atom is -0.443 e. The summed E-state index contributed by atoms with van der Waals surface area (Å²) >= 11 is 6.26. The molecule has 0 aliphatic rings. The van der Waals surface area contributed by atoms with Crippen LogP contribution >= 0.6 is 11.6 Å². The third kappa shape index (κ3) is 5.53. The molecule has 0 aromatic heterocycles. The van der Waals surface area contributed by atoms with Gasteiger partial charge in [0.05, 0.1) is 6.61 Å². The highest BCUT2D eigenvalue weighted by atomic mass is 35.5. The number of benzene rings is 1. The van der Waals surface area contributed by atoms with Crippen LogP contribution in [0.2, 0.25) is 5.02 Å². The summed E-state index contributed by atoms with van der Waals surface area (Å²) in [5.41, 5.74) is 5.26. The van der Waals surface area contributed by atoms with Crippen LogP contribution in [0, 0.1) is 0 Å². The van der Waals surface area contributed by atoms with Crippen LogP contribution in [-0.2, 0) is 14.2 Å². The fourth-order valence-electron chi connectivity index (χ4n) is 2.31. The first-order chi connectivity index (χ1) is 9.88. The molecule has 1 amide bonds. The van der Waals surface area contributed by atoms with Gasteiger partial charge in [-0.15, -0.1) is 0 Å². The highest BCUT2D eigenvalue weighted by Crippen LogP contribution is 2.37. The van der Waals surface area contributed by atoms with Crippen LogP contribution in [0.25, 0.3) is 0 Å². The summed E-state index contributed by atoms with van der Waals surface area (Å²) in [5.74, 6) is -0.143. The summed E-state index contributed by atoms with van der Waals surface area (Å²) in [7, 11) is 1.56. The molecule has 0 heterocycles. The largest absolute Gasteiger partial charge is 0.443 e. The Kier molecular flexibility index (Phi) is 6.95. The minimum absolute atomic E-state index is 0.143. The van der Waals surface area contributed by atoms with Crippen molar-refractivity contribution in [3.8, 4) is 0 Å². The van der Waals surface area contributed by atoms with Crippen molar-refractivity contribution in [1.29, 1.82) is 0 Å². The summed E-state index contributed by atoms with van der Waals surface area (Å²) in [6.07, 6.45) is -0.192. The predicted molar refractivity (Wildman–Crippen MR) is 81.4 cm³/mol. The molecule has 0 aliphatic heterocycles. The Hall–Kier alpha value is -1.30. The second-order valence-corrected chi connectivity index (χ2v) is 5.61. The van der Waals surface area contributed by atoms with Crippen LogP contribution < -0.4 is 5.73 Å². The molecule has 1 rings (SSSR count). The van der Waals surface area contributed by atoms with Gasteiger partial charge < -0.3 is 19.9 Å².